The molecule has 0 bridgehead atoms. The minimum atomic E-state index is -1.07. The van der Waals surface area contributed by atoms with Crippen LogP contribution in [-0.2, 0) is 0 Å². The van der Waals surface area contributed by atoms with Gasteiger partial charge in [-0.15, -0.1) is 0 Å². The highest BCUT2D eigenvalue weighted by molar-refractivity contribution is 6.19. The molecule has 2 rings (SSSR count). The van der Waals surface area contributed by atoms with E-state index in [1.54, 1.807) is 60.7 Å². The van der Waals surface area contributed by atoms with Gasteiger partial charge in [0.25, 0.3) is 0 Å². The number of ketones is 2. The molecule has 96 valence electrons. The first-order chi connectivity index (χ1) is 9.24. The molecule has 0 aliphatic rings. The smallest absolute Gasteiger partial charge is 0.188 e. The van der Waals surface area contributed by atoms with Crippen molar-refractivity contribution in [3.8, 4) is 0 Å². The van der Waals surface area contributed by atoms with Crippen molar-refractivity contribution in [3.63, 3.8) is 0 Å². The monoisotopic (exact) mass is 254 g/mol. The van der Waals surface area contributed by atoms with Gasteiger partial charge in [-0.1, -0.05) is 60.7 Å². The first-order valence-electron chi connectivity index (χ1n) is 5.88. The fraction of sp³-hybridized carbons (Fsp3) is 0.0667. The van der Waals surface area contributed by atoms with Gasteiger partial charge in [-0.05, 0) is 0 Å². The summed E-state index contributed by atoms with van der Waals surface area (Å²) in [4.78, 5) is 24.5. The van der Waals surface area contributed by atoms with Gasteiger partial charge in [-0.25, -0.2) is 5.43 Å². The fourth-order valence-electron chi connectivity index (χ4n) is 1.81. The number of benzene rings is 2. The summed E-state index contributed by atoms with van der Waals surface area (Å²) in [5, 5.41) is 0. The number of carbonyl (C=O) groups excluding carboxylic acids is 2. The number of rotatable bonds is 5. The Morgan fingerprint density at radius 2 is 1.16 bits per heavy atom. The van der Waals surface area contributed by atoms with Gasteiger partial charge in [0, 0.05) is 11.1 Å². The summed E-state index contributed by atoms with van der Waals surface area (Å²) >= 11 is 0. The van der Waals surface area contributed by atoms with E-state index in [2.05, 4.69) is 5.43 Å². The van der Waals surface area contributed by atoms with Crippen LogP contribution in [0.4, 0.5) is 0 Å². The minimum Gasteiger partial charge on any atom is -0.292 e. The molecule has 0 amide bonds. The molecule has 0 aliphatic carbocycles. The van der Waals surface area contributed by atoms with Gasteiger partial charge < -0.3 is 0 Å². The first kappa shape index (κ1) is 13.1. The lowest BCUT2D eigenvalue weighted by Crippen LogP contribution is -2.47. The van der Waals surface area contributed by atoms with Crippen molar-refractivity contribution in [1.82, 2.24) is 5.43 Å². The molecule has 19 heavy (non-hydrogen) atoms. The van der Waals surface area contributed by atoms with Gasteiger partial charge in [-0.3, -0.25) is 15.4 Å². The maximum Gasteiger partial charge on any atom is 0.188 e. The molecular formula is C15H14N2O2. The van der Waals surface area contributed by atoms with Crippen LogP contribution in [0, 0.1) is 0 Å². The zero-order valence-corrected chi connectivity index (χ0v) is 10.2. The van der Waals surface area contributed by atoms with Crippen molar-refractivity contribution in [3.05, 3.63) is 71.8 Å². The van der Waals surface area contributed by atoms with Crippen LogP contribution in [0.2, 0.25) is 0 Å². The lowest BCUT2D eigenvalue weighted by atomic mass is 9.97. The third-order valence-corrected chi connectivity index (χ3v) is 2.81. The van der Waals surface area contributed by atoms with E-state index in [1.165, 1.54) is 0 Å². The Kier molecular flexibility index (Phi) is 4.18. The van der Waals surface area contributed by atoms with Crippen LogP contribution in [0.15, 0.2) is 60.7 Å². The average molecular weight is 254 g/mol. The van der Waals surface area contributed by atoms with Crippen molar-refractivity contribution in [2.75, 3.05) is 0 Å². The molecule has 0 saturated carbocycles. The predicted octanol–water partition coefficient (Wildman–Crippen LogP) is 1.58. The molecule has 2 aromatic rings. The number of hydrogen-bond acceptors (Lipinski definition) is 4. The van der Waals surface area contributed by atoms with Gasteiger partial charge in [0.1, 0.15) is 6.04 Å². The Labute approximate surface area is 111 Å². The summed E-state index contributed by atoms with van der Waals surface area (Å²) in [7, 11) is 0. The van der Waals surface area contributed by atoms with E-state index in [1.807, 2.05) is 0 Å². The van der Waals surface area contributed by atoms with Crippen molar-refractivity contribution in [2.45, 2.75) is 6.04 Å². The zero-order chi connectivity index (χ0) is 13.7. The summed E-state index contributed by atoms with van der Waals surface area (Å²) < 4.78 is 0. The standard InChI is InChI=1S/C15H14N2O2/c16-17-13(14(18)11-7-3-1-4-8-11)15(19)12-9-5-2-6-10-12/h1-10,13,17H,16H2. The van der Waals surface area contributed by atoms with E-state index in [-0.39, 0.29) is 11.6 Å². The molecule has 0 heterocycles. The molecule has 0 radical (unpaired) electrons. The van der Waals surface area contributed by atoms with Crippen molar-refractivity contribution < 1.29 is 9.59 Å². The maximum absolute atomic E-state index is 12.2. The number of nitrogens with one attached hydrogen (secondary N) is 1. The molecule has 0 fully saturated rings. The summed E-state index contributed by atoms with van der Waals surface area (Å²) in [6.45, 7) is 0. The molecular weight excluding hydrogens is 240 g/mol. The van der Waals surface area contributed by atoms with Crippen molar-refractivity contribution >= 4 is 11.6 Å². The summed E-state index contributed by atoms with van der Waals surface area (Å²) in [5.41, 5.74) is 3.21. The van der Waals surface area contributed by atoms with Crippen LogP contribution in [-0.4, -0.2) is 17.6 Å². The fourth-order valence-corrected chi connectivity index (χ4v) is 1.81. The second-order valence-corrected chi connectivity index (χ2v) is 4.06. The van der Waals surface area contributed by atoms with Crippen molar-refractivity contribution in [2.24, 2.45) is 5.84 Å². The van der Waals surface area contributed by atoms with E-state index in [4.69, 9.17) is 5.84 Å². The number of hydrazine groups is 1. The summed E-state index contributed by atoms with van der Waals surface area (Å²) in [6, 6.07) is 16.2. The zero-order valence-electron chi connectivity index (χ0n) is 10.2. The molecule has 0 saturated heterocycles. The third kappa shape index (κ3) is 2.93. The van der Waals surface area contributed by atoms with E-state index in [0.717, 1.165) is 0 Å². The Hall–Kier alpha value is -2.30. The predicted molar refractivity (Wildman–Crippen MR) is 72.7 cm³/mol. The highest BCUT2D eigenvalue weighted by Gasteiger charge is 2.26. The SMILES string of the molecule is NNC(C(=O)c1ccccc1)C(=O)c1ccccc1. The number of Topliss-reactive ketones (excluding diaryl/α,β-unsaturated/α-hetero) is 2. The number of hydrogen-bond donors (Lipinski definition) is 2. The molecule has 4 heteroatoms. The molecule has 0 spiro atoms. The normalized spacial score (nSPS) is 10.4. The second kappa shape index (κ2) is 6.04. The molecule has 0 unspecified atom stereocenters. The molecule has 0 aliphatic heterocycles. The Bertz CT molecular complexity index is 516. The largest absolute Gasteiger partial charge is 0.292 e. The van der Waals surface area contributed by atoms with Gasteiger partial charge >= 0.3 is 0 Å². The van der Waals surface area contributed by atoms with Gasteiger partial charge in [-0.2, -0.15) is 0 Å². The number of nitrogens with two attached hydrogens (primary N) is 1. The Morgan fingerprint density at radius 1 is 0.789 bits per heavy atom. The molecule has 3 N–H and O–H groups in total. The summed E-state index contributed by atoms with van der Waals surface area (Å²) in [5.74, 6) is 4.69. The number of carbonyl (C=O) groups is 2. The van der Waals surface area contributed by atoms with Crippen LogP contribution >= 0.6 is 0 Å². The van der Waals surface area contributed by atoms with Gasteiger partial charge in [0.15, 0.2) is 11.6 Å². The molecule has 0 aromatic heterocycles. The first-order valence-corrected chi connectivity index (χ1v) is 5.88. The van der Waals surface area contributed by atoms with E-state index >= 15 is 0 Å². The van der Waals surface area contributed by atoms with Crippen LogP contribution in [0.5, 0.6) is 0 Å². The van der Waals surface area contributed by atoms with Crippen LogP contribution in [0.1, 0.15) is 20.7 Å². The Morgan fingerprint density at radius 3 is 1.47 bits per heavy atom. The van der Waals surface area contributed by atoms with Crippen LogP contribution < -0.4 is 11.3 Å². The molecule has 0 atom stereocenters. The third-order valence-electron chi connectivity index (χ3n) is 2.81. The summed E-state index contributed by atoms with van der Waals surface area (Å²) in [6.07, 6.45) is 0. The lowest BCUT2D eigenvalue weighted by molar-refractivity contribution is 0.0839. The highest BCUT2D eigenvalue weighted by atomic mass is 16.2. The highest BCUT2D eigenvalue weighted by Crippen LogP contribution is 2.09. The quantitative estimate of drug-likeness (QED) is 0.368. The van der Waals surface area contributed by atoms with Crippen LogP contribution in [0.25, 0.3) is 0 Å². The van der Waals surface area contributed by atoms with Crippen molar-refractivity contribution in [1.29, 1.82) is 0 Å². The maximum atomic E-state index is 12.2. The van der Waals surface area contributed by atoms with Gasteiger partial charge in [0.05, 0.1) is 0 Å². The van der Waals surface area contributed by atoms with E-state index in [0.29, 0.717) is 11.1 Å². The Balaban J connectivity index is 2.26. The molecule has 2 aromatic carbocycles. The topological polar surface area (TPSA) is 72.2 Å². The average Bonchev–Trinajstić information content (AvgIpc) is 2.49. The lowest BCUT2D eigenvalue weighted by Gasteiger charge is -2.13. The minimum absolute atomic E-state index is 0.336. The van der Waals surface area contributed by atoms with E-state index < -0.39 is 6.04 Å². The van der Waals surface area contributed by atoms with E-state index in [9.17, 15) is 9.59 Å². The second-order valence-electron chi connectivity index (χ2n) is 4.06. The molecule has 4 nitrogen and oxygen atoms in total. The van der Waals surface area contributed by atoms with Gasteiger partial charge in [0.2, 0.25) is 0 Å². The van der Waals surface area contributed by atoms with Crippen LogP contribution in [0.3, 0.4) is 0 Å².